The summed E-state index contributed by atoms with van der Waals surface area (Å²) < 4.78 is 6.19. The van der Waals surface area contributed by atoms with Crippen LogP contribution in [0.5, 0.6) is 5.75 Å². The highest BCUT2D eigenvalue weighted by molar-refractivity contribution is 7.10. The molecule has 0 radical (unpaired) electrons. The molecule has 32 heavy (non-hydrogen) atoms. The van der Waals surface area contributed by atoms with Crippen molar-refractivity contribution < 1.29 is 14.3 Å². The maximum atomic E-state index is 13.5. The summed E-state index contributed by atoms with van der Waals surface area (Å²) in [5.41, 5.74) is 2.25. The van der Waals surface area contributed by atoms with Crippen LogP contribution in [0.4, 0.5) is 0 Å². The number of para-hydroxylation sites is 1. The van der Waals surface area contributed by atoms with E-state index in [1.807, 2.05) is 56.9 Å². The molecular formula is C26H36N2O3S. The van der Waals surface area contributed by atoms with E-state index >= 15 is 0 Å². The first kappa shape index (κ1) is 24.3. The van der Waals surface area contributed by atoms with Gasteiger partial charge in [-0.1, -0.05) is 39.0 Å². The van der Waals surface area contributed by atoms with Crippen LogP contribution in [0.1, 0.15) is 62.6 Å². The summed E-state index contributed by atoms with van der Waals surface area (Å²) in [6, 6.07) is 9.96. The van der Waals surface area contributed by atoms with Crippen LogP contribution in [0.25, 0.3) is 0 Å². The largest absolute Gasteiger partial charge is 0.491 e. The number of hydrogen-bond acceptors (Lipinski definition) is 4. The van der Waals surface area contributed by atoms with Crippen LogP contribution in [0, 0.1) is 12.8 Å². The molecule has 5 nitrogen and oxygen atoms in total. The van der Waals surface area contributed by atoms with E-state index in [1.54, 1.807) is 16.2 Å². The van der Waals surface area contributed by atoms with Gasteiger partial charge in [0.1, 0.15) is 18.9 Å². The molecule has 0 spiro atoms. The maximum absolute atomic E-state index is 13.5. The quantitative estimate of drug-likeness (QED) is 0.519. The summed E-state index contributed by atoms with van der Waals surface area (Å²) in [4.78, 5) is 31.4. The fraction of sp³-hybridized carbons (Fsp3) is 0.538. The molecule has 1 aromatic carbocycles. The molecular weight excluding hydrogens is 420 g/mol. The van der Waals surface area contributed by atoms with Crippen molar-refractivity contribution in [3.8, 4) is 5.75 Å². The highest BCUT2D eigenvalue weighted by Gasteiger charge is 2.34. The SMILES string of the molecule is CC[C@@H](C)N(CC(=O)N1CCc2sccc2[C@H]1COc1ccccc1C)C(=O)CC(C)C. The van der Waals surface area contributed by atoms with Crippen LogP contribution in [-0.4, -0.2) is 47.4 Å². The van der Waals surface area contributed by atoms with Gasteiger partial charge < -0.3 is 14.5 Å². The molecule has 3 rings (SSSR count). The Bertz CT molecular complexity index is 923. The first-order chi connectivity index (χ1) is 15.3. The zero-order valence-corrected chi connectivity index (χ0v) is 20.8. The fourth-order valence-corrected chi connectivity index (χ4v) is 5.10. The molecule has 0 unspecified atom stereocenters. The third-order valence-electron chi connectivity index (χ3n) is 6.24. The number of thiophene rings is 1. The second-order valence-corrected chi connectivity index (χ2v) is 10.1. The first-order valence-corrected chi connectivity index (χ1v) is 12.5. The number of nitrogens with zero attached hydrogens (tertiary/aromatic N) is 2. The standard InChI is InChI=1S/C26H36N2O3S/c1-6-20(5)28(25(29)15-18(2)3)16-26(30)27-13-11-24-21(12-14-32-24)22(27)17-31-23-10-8-7-9-19(23)4/h7-10,12,14,18,20,22H,6,11,13,15-17H2,1-5H3/t20-,22-/m1/s1. The van der Waals surface area contributed by atoms with E-state index in [4.69, 9.17) is 4.74 Å². The van der Waals surface area contributed by atoms with Crippen molar-refractivity contribution in [3.63, 3.8) is 0 Å². The van der Waals surface area contributed by atoms with Gasteiger partial charge in [0, 0.05) is 23.9 Å². The van der Waals surface area contributed by atoms with Gasteiger partial charge in [0.25, 0.3) is 0 Å². The molecule has 0 saturated heterocycles. The maximum Gasteiger partial charge on any atom is 0.242 e. The zero-order chi connectivity index (χ0) is 23.3. The van der Waals surface area contributed by atoms with Gasteiger partial charge in [0.15, 0.2) is 0 Å². The van der Waals surface area contributed by atoms with Gasteiger partial charge in [-0.25, -0.2) is 0 Å². The Kier molecular flexibility index (Phi) is 8.35. The lowest BCUT2D eigenvalue weighted by Crippen LogP contribution is -2.50. The Morgan fingerprint density at radius 2 is 1.97 bits per heavy atom. The summed E-state index contributed by atoms with van der Waals surface area (Å²) in [5.74, 6) is 1.17. The number of amides is 2. The molecule has 2 amide bonds. The first-order valence-electron chi connectivity index (χ1n) is 11.6. The van der Waals surface area contributed by atoms with E-state index in [2.05, 4.69) is 18.4 Å². The third kappa shape index (κ3) is 5.71. The predicted molar refractivity (Wildman–Crippen MR) is 130 cm³/mol. The van der Waals surface area contributed by atoms with Gasteiger partial charge in [-0.05, 0) is 61.2 Å². The lowest BCUT2D eigenvalue weighted by atomic mass is 10.00. The van der Waals surface area contributed by atoms with E-state index in [0.717, 1.165) is 24.2 Å². The molecule has 6 heteroatoms. The molecule has 1 aliphatic rings. The summed E-state index contributed by atoms with van der Waals surface area (Å²) >= 11 is 1.74. The molecule has 1 aromatic heterocycles. The number of carbonyl (C=O) groups is 2. The van der Waals surface area contributed by atoms with Crippen molar-refractivity contribution in [3.05, 3.63) is 51.7 Å². The minimum atomic E-state index is -0.143. The Morgan fingerprint density at radius 1 is 1.22 bits per heavy atom. The number of fused-ring (bicyclic) bond motifs is 1. The summed E-state index contributed by atoms with van der Waals surface area (Å²) in [6.07, 6.45) is 2.14. The Balaban J connectivity index is 1.79. The number of hydrogen-bond donors (Lipinski definition) is 0. The molecule has 2 heterocycles. The minimum Gasteiger partial charge on any atom is -0.491 e. The molecule has 0 bridgehead atoms. The molecule has 174 valence electrons. The molecule has 0 N–H and O–H groups in total. The van der Waals surface area contributed by atoms with Crippen molar-refractivity contribution in [2.45, 2.75) is 66.0 Å². The van der Waals surface area contributed by atoms with Gasteiger partial charge in [0.2, 0.25) is 11.8 Å². The molecule has 0 saturated carbocycles. The Labute approximate surface area is 196 Å². The van der Waals surface area contributed by atoms with Gasteiger partial charge in [-0.15, -0.1) is 11.3 Å². The van der Waals surface area contributed by atoms with Crippen LogP contribution in [0.15, 0.2) is 35.7 Å². The van der Waals surface area contributed by atoms with Crippen LogP contribution in [-0.2, 0) is 16.0 Å². The molecule has 2 aromatic rings. The van der Waals surface area contributed by atoms with Crippen molar-refractivity contribution in [1.82, 2.24) is 9.80 Å². The van der Waals surface area contributed by atoms with Crippen LogP contribution < -0.4 is 4.74 Å². The van der Waals surface area contributed by atoms with Crippen molar-refractivity contribution in [2.24, 2.45) is 5.92 Å². The normalized spacial score (nSPS) is 16.6. The number of benzene rings is 1. The van der Waals surface area contributed by atoms with E-state index < -0.39 is 0 Å². The van der Waals surface area contributed by atoms with E-state index in [-0.39, 0.29) is 36.4 Å². The Hall–Kier alpha value is -2.34. The molecule has 1 aliphatic heterocycles. The fourth-order valence-electron chi connectivity index (χ4n) is 4.17. The minimum absolute atomic E-state index is 0.00219. The highest BCUT2D eigenvalue weighted by Crippen LogP contribution is 2.34. The van der Waals surface area contributed by atoms with E-state index in [9.17, 15) is 9.59 Å². The molecule has 0 aliphatic carbocycles. The van der Waals surface area contributed by atoms with Gasteiger partial charge in [-0.3, -0.25) is 9.59 Å². The zero-order valence-electron chi connectivity index (χ0n) is 20.0. The van der Waals surface area contributed by atoms with Crippen LogP contribution in [0.2, 0.25) is 0 Å². The van der Waals surface area contributed by atoms with Crippen molar-refractivity contribution in [1.29, 1.82) is 0 Å². The van der Waals surface area contributed by atoms with Crippen molar-refractivity contribution >= 4 is 23.2 Å². The van der Waals surface area contributed by atoms with Gasteiger partial charge in [0.05, 0.1) is 6.04 Å². The van der Waals surface area contributed by atoms with Crippen molar-refractivity contribution in [2.75, 3.05) is 19.7 Å². The number of ether oxygens (including phenoxy) is 1. The molecule has 0 fully saturated rings. The average Bonchev–Trinajstić information content (AvgIpc) is 3.24. The number of carbonyl (C=O) groups excluding carboxylic acids is 2. The van der Waals surface area contributed by atoms with E-state index in [0.29, 0.717) is 19.6 Å². The van der Waals surface area contributed by atoms with E-state index in [1.165, 1.54) is 10.4 Å². The summed E-state index contributed by atoms with van der Waals surface area (Å²) in [6.45, 7) is 11.4. The highest BCUT2D eigenvalue weighted by atomic mass is 32.1. The number of rotatable bonds is 9. The third-order valence-corrected chi connectivity index (χ3v) is 7.23. The smallest absolute Gasteiger partial charge is 0.242 e. The average molecular weight is 457 g/mol. The predicted octanol–water partition coefficient (Wildman–Crippen LogP) is 5.23. The Morgan fingerprint density at radius 3 is 2.66 bits per heavy atom. The summed E-state index contributed by atoms with van der Waals surface area (Å²) in [7, 11) is 0. The lowest BCUT2D eigenvalue weighted by molar-refractivity contribution is -0.144. The van der Waals surface area contributed by atoms with Crippen LogP contribution in [0.3, 0.4) is 0 Å². The second kappa shape index (κ2) is 11.0. The molecule has 2 atom stereocenters. The van der Waals surface area contributed by atoms with Gasteiger partial charge in [-0.2, -0.15) is 0 Å². The van der Waals surface area contributed by atoms with Gasteiger partial charge >= 0.3 is 0 Å². The summed E-state index contributed by atoms with van der Waals surface area (Å²) in [5, 5.41) is 2.09. The topological polar surface area (TPSA) is 49.9 Å². The number of aryl methyl sites for hydroxylation is 1. The van der Waals surface area contributed by atoms with Crippen LogP contribution >= 0.6 is 11.3 Å². The lowest BCUT2D eigenvalue weighted by Gasteiger charge is -2.38. The monoisotopic (exact) mass is 456 g/mol. The second-order valence-electron chi connectivity index (χ2n) is 9.11.